The highest BCUT2D eigenvalue weighted by molar-refractivity contribution is 5.38. The van der Waals surface area contributed by atoms with Crippen LogP contribution in [0.2, 0.25) is 0 Å². The lowest BCUT2D eigenvalue weighted by atomic mass is 10.2. The molecule has 112 valence electrons. The molecule has 0 radical (unpaired) electrons. The number of aromatic nitrogens is 3. The molecule has 0 unspecified atom stereocenters. The molecular formula is C17H17FN4. The molecule has 0 amide bonds. The lowest BCUT2D eigenvalue weighted by Gasteiger charge is -2.19. The first-order valence-electron chi connectivity index (χ1n) is 7.09. The Labute approximate surface area is 128 Å². The second-order valence-corrected chi connectivity index (χ2v) is 5.12. The van der Waals surface area contributed by atoms with Crippen molar-refractivity contribution in [2.24, 2.45) is 0 Å². The van der Waals surface area contributed by atoms with E-state index in [2.05, 4.69) is 26.7 Å². The van der Waals surface area contributed by atoms with Gasteiger partial charge < -0.3 is 9.47 Å². The summed E-state index contributed by atoms with van der Waals surface area (Å²) in [6.45, 7) is 1.24. The maximum Gasteiger partial charge on any atom is 0.165 e. The second kappa shape index (κ2) is 6.39. The zero-order chi connectivity index (χ0) is 15.4. The number of hydrogen-bond donors (Lipinski definition) is 0. The molecular weight excluding hydrogens is 279 g/mol. The van der Waals surface area contributed by atoms with Crippen LogP contribution < -0.4 is 4.90 Å². The van der Waals surface area contributed by atoms with Crippen LogP contribution in [0, 0.1) is 5.82 Å². The van der Waals surface area contributed by atoms with Gasteiger partial charge >= 0.3 is 0 Å². The topological polar surface area (TPSA) is 34.0 Å². The largest absolute Gasteiger partial charge is 0.350 e. The molecule has 0 saturated heterocycles. The molecule has 4 nitrogen and oxygen atoms in total. The summed E-state index contributed by atoms with van der Waals surface area (Å²) in [6.07, 6.45) is 5.29. The van der Waals surface area contributed by atoms with E-state index in [-0.39, 0.29) is 5.82 Å². The number of rotatable bonds is 5. The fourth-order valence-electron chi connectivity index (χ4n) is 2.36. The predicted molar refractivity (Wildman–Crippen MR) is 84.1 cm³/mol. The molecule has 0 N–H and O–H groups in total. The number of benzene rings is 1. The monoisotopic (exact) mass is 296 g/mol. The van der Waals surface area contributed by atoms with Gasteiger partial charge in [-0.25, -0.2) is 14.4 Å². The van der Waals surface area contributed by atoms with Gasteiger partial charge in [-0.3, -0.25) is 0 Å². The normalized spacial score (nSPS) is 10.6. The zero-order valence-corrected chi connectivity index (χ0v) is 12.4. The van der Waals surface area contributed by atoms with Gasteiger partial charge in [-0.05, 0) is 17.7 Å². The summed E-state index contributed by atoms with van der Waals surface area (Å²) in [7, 11) is 1.81. The number of pyridine rings is 1. The van der Waals surface area contributed by atoms with E-state index in [4.69, 9.17) is 0 Å². The Morgan fingerprint density at radius 3 is 2.64 bits per heavy atom. The van der Waals surface area contributed by atoms with E-state index in [0.29, 0.717) is 12.4 Å². The molecule has 1 aromatic carbocycles. The average molecular weight is 296 g/mol. The van der Waals surface area contributed by atoms with E-state index in [1.54, 1.807) is 23.4 Å². The van der Waals surface area contributed by atoms with E-state index in [0.717, 1.165) is 12.4 Å². The molecule has 0 saturated carbocycles. The summed E-state index contributed by atoms with van der Waals surface area (Å²) >= 11 is 0. The van der Waals surface area contributed by atoms with Crippen LogP contribution in [0.5, 0.6) is 0 Å². The van der Waals surface area contributed by atoms with Gasteiger partial charge in [-0.2, -0.15) is 0 Å². The van der Waals surface area contributed by atoms with E-state index in [1.165, 1.54) is 11.6 Å². The van der Waals surface area contributed by atoms with E-state index >= 15 is 0 Å². The van der Waals surface area contributed by atoms with Crippen molar-refractivity contribution in [2.75, 3.05) is 11.9 Å². The highest BCUT2D eigenvalue weighted by Gasteiger charge is 2.12. The Hall–Kier alpha value is -2.69. The van der Waals surface area contributed by atoms with Crippen molar-refractivity contribution in [3.63, 3.8) is 0 Å². The fourth-order valence-corrected chi connectivity index (χ4v) is 2.36. The van der Waals surface area contributed by atoms with Crippen LogP contribution in [-0.2, 0) is 13.1 Å². The Balaban J connectivity index is 1.76. The molecule has 0 spiro atoms. The van der Waals surface area contributed by atoms with E-state index < -0.39 is 0 Å². The first-order chi connectivity index (χ1) is 10.7. The third-order valence-corrected chi connectivity index (χ3v) is 3.48. The Bertz CT molecular complexity index is 739. The van der Waals surface area contributed by atoms with E-state index in [1.807, 2.05) is 31.4 Å². The molecule has 0 aliphatic carbocycles. The van der Waals surface area contributed by atoms with Crippen LogP contribution in [0.1, 0.15) is 11.4 Å². The number of anilines is 1. The Kier molecular flexibility index (Phi) is 4.14. The van der Waals surface area contributed by atoms with Gasteiger partial charge in [0.15, 0.2) is 11.6 Å². The standard InChI is InChI=1S/C17H17FN4/c1-21(17-15(18)8-5-9-20-17)13-16-19-10-11-22(16)12-14-6-3-2-4-7-14/h2-11H,12-13H2,1H3. The van der Waals surface area contributed by atoms with Crippen LogP contribution >= 0.6 is 0 Å². The van der Waals surface area contributed by atoms with Gasteiger partial charge in [0.05, 0.1) is 6.54 Å². The predicted octanol–water partition coefficient (Wildman–Crippen LogP) is 3.10. The first kappa shape index (κ1) is 14.3. The number of imidazole rings is 1. The average Bonchev–Trinajstić information content (AvgIpc) is 2.95. The summed E-state index contributed by atoms with van der Waals surface area (Å²) in [6, 6.07) is 13.2. The highest BCUT2D eigenvalue weighted by Crippen LogP contribution is 2.16. The minimum atomic E-state index is -0.328. The summed E-state index contributed by atoms with van der Waals surface area (Å²) < 4.78 is 15.8. The maximum atomic E-state index is 13.8. The van der Waals surface area contributed by atoms with Crippen molar-refractivity contribution in [2.45, 2.75) is 13.1 Å². The molecule has 0 bridgehead atoms. The van der Waals surface area contributed by atoms with Crippen LogP contribution in [0.25, 0.3) is 0 Å². The van der Waals surface area contributed by atoms with Crippen molar-refractivity contribution in [1.82, 2.24) is 14.5 Å². The fraction of sp³-hybridized carbons (Fsp3) is 0.176. The molecule has 0 atom stereocenters. The molecule has 0 aliphatic heterocycles. The van der Waals surface area contributed by atoms with Gasteiger partial charge in [0.2, 0.25) is 0 Å². The van der Waals surface area contributed by atoms with Gasteiger partial charge in [0.1, 0.15) is 5.82 Å². The van der Waals surface area contributed by atoms with Gasteiger partial charge in [-0.15, -0.1) is 0 Å². The van der Waals surface area contributed by atoms with E-state index in [9.17, 15) is 4.39 Å². The van der Waals surface area contributed by atoms with Crippen molar-refractivity contribution in [1.29, 1.82) is 0 Å². The number of halogens is 1. The summed E-state index contributed by atoms with van der Waals surface area (Å²) in [4.78, 5) is 10.2. The van der Waals surface area contributed by atoms with Crippen LogP contribution in [0.15, 0.2) is 61.1 Å². The lowest BCUT2D eigenvalue weighted by molar-refractivity contribution is 0.610. The third kappa shape index (κ3) is 3.14. The van der Waals surface area contributed by atoms with Gasteiger partial charge in [0.25, 0.3) is 0 Å². The van der Waals surface area contributed by atoms with Gasteiger partial charge in [-0.1, -0.05) is 30.3 Å². The molecule has 0 aliphatic rings. The smallest absolute Gasteiger partial charge is 0.165 e. The molecule has 5 heteroatoms. The van der Waals surface area contributed by atoms with Crippen LogP contribution in [-0.4, -0.2) is 21.6 Å². The zero-order valence-electron chi connectivity index (χ0n) is 12.4. The maximum absolute atomic E-state index is 13.8. The quantitative estimate of drug-likeness (QED) is 0.725. The Morgan fingerprint density at radius 1 is 1.05 bits per heavy atom. The molecule has 3 rings (SSSR count). The lowest BCUT2D eigenvalue weighted by Crippen LogP contribution is -2.22. The third-order valence-electron chi connectivity index (χ3n) is 3.48. The minimum Gasteiger partial charge on any atom is -0.350 e. The first-order valence-corrected chi connectivity index (χ1v) is 7.09. The number of nitrogens with zero attached hydrogens (tertiary/aromatic N) is 4. The summed E-state index contributed by atoms with van der Waals surface area (Å²) in [5, 5.41) is 0. The van der Waals surface area contributed by atoms with Crippen molar-refractivity contribution in [3.8, 4) is 0 Å². The summed E-state index contributed by atoms with van der Waals surface area (Å²) in [5.41, 5.74) is 1.20. The van der Waals surface area contributed by atoms with Crippen LogP contribution in [0.4, 0.5) is 10.2 Å². The molecule has 3 aromatic rings. The van der Waals surface area contributed by atoms with Crippen LogP contribution in [0.3, 0.4) is 0 Å². The molecule has 2 aromatic heterocycles. The minimum absolute atomic E-state index is 0.328. The van der Waals surface area contributed by atoms with Gasteiger partial charge in [0, 0.05) is 32.2 Å². The van der Waals surface area contributed by atoms with Crippen molar-refractivity contribution < 1.29 is 4.39 Å². The SMILES string of the molecule is CN(Cc1nccn1Cc1ccccc1)c1ncccc1F. The second-order valence-electron chi connectivity index (χ2n) is 5.12. The van der Waals surface area contributed by atoms with Crippen molar-refractivity contribution in [3.05, 3.63) is 78.3 Å². The molecule has 0 fully saturated rings. The number of hydrogen-bond acceptors (Lipinski definition) is 3. The van der Waals surface area contributed by atoms with Crippen molar-refractivity contribution >= 4 is 5.82 Å². The highest BCUT2D eigenvalue weighted by atomic mass is 19.1. The summed E-state index contributed by atoms with van der Waals surface area (Å²) in [5.74, 6) is 0.874. The molecule has 2 heterocycles. The Morgan fingerprint density at radius 2 is 1.86 bits per heavy atom. The molecule has 22 heavy (non-hydrogen) atoms.